The molecule has 1 heterocycles. The minimum atomic E-state index is -0.154. The number of piperazine rings is 1. The van der Waals surface area contributed by atoms with Crippen LogP contribution in [0.1, 0.15) is 38.3 Å². The molecule has 112 valence electrons. The van der Waals surface area contributed by atoms with Gasteiger partial charge < -0.3 is 5.32 Å². The van der Waals surface area contributed by atoms with Crippen molar-refractivity contribution in [2.75, 3.05) is 26.2 Å². The van der Waals surface area contributed by atoms with Crippen LogP contribution in [0.15, 0.2) is 22.7 Å². The molecule has 0 saturated carbocycles. The van der Waals surface area contributed by atoms with E-state index in [4.69, 9.17) is 0 Å². The third-order valence-electron chi connectivity index (χ3n) is 4.05. The van der Waals surface area contributed by atoms with Crippen molar-refractivity contribution in [2.45, 2.75) is 32.7 Å². The summed E-state index contributed by atoms with van der Waals surface area (Å²) in [5, 5.41) is 3.39. The van der Waals surface area contributed by atoms with Gasteiger partial charge in [-0.1, -0.05) is 36.2 Å². The largest absolute Gasteiger partial charge is 0.314 e. The maximum atomic E-state index is 13.7. The molecule has 1 aliphatic rings. The molecule has 0 amide bonds. The van der Waals surface area contributed by atoms with Crippen LogP contribution in [0.2, 0.25) is 0 Å². The Labute approximate surface area is 129 Å². The van der Waals surface area contributed by atoms with Crippen molar-refractivity contribution in [1.29, 1.82) is 0 Å². The molecule has 0 bridgehead atoms. The first-order valence-electron chi connectivity index (χ1n) is 7.52. The highest BCUT2D eigenvalue weighted by Gasteiger charge is 2.27. The lowest BCUT2D eigenvalue weighted by Crippen LogP contribution is -2.46. The molecule has 0 radical (unpaired) electrons. The van der Waals surface area contributed by atoms with Gasteiger partial charge in [-0.05, 0) is 36.1 Å². The lowest BCUT2D eigenvalue weighted by molar-refractivity contribution is 0.126. The molecule has 4 heteroatoms. The van der Waals surface area contributed by atoms with E-state index >= 15 is 0 Å². The normalized spacial score (nSPS) is 19.8. The van der Waals surface area contributed by atoms with Crippen LogP contribution in [0.4, 0.5) is 4.39 Å². The number of rotatable bonds is 5. The average Bonchev–Trinajstić information content (AvgIpc) is 2.39. The zero-order valence-corrected chi connectivity index (χ0v) is 13.9. The summed E-state index contributed by atoms with van der Waals surface area (Å²) in [6, 6.07) is 5.61. The zero-order chi connectivity index (χ0) is 14.5. The van der Waals surface area contributed by atoms with E-state index in [0.29, 0.717) is 12.0 Å². The third-order valence-corrected chi connectivity index (χ3v) is 4.51. The van der Waals surface area contributed by atoms with Crippen LogP contribution in [0, 0.1) is 11.7 Å². The quantitative estimate of drug-likeness (QED) is 0.870. The zero-order valence-electron chi connectivity index (χ0n) is 12.3. The first-order chi connectivity index (χ1) is 9.61. The molecule has 1 fully saturated rings. The van der Waals surface area contributed by atoms with E-state index in [2.05, 4.69) is 46.1 Å². The molecule has 1 N–H and O–H groups in total. The summed E-state index contributed by atoms with van der Waals surface area (Å²) in [6.45, 7) is 8.61. The predicted molar refractivity (Wildman–Crippen MR) is 85.4 cm³/mol. The lowest BCUT2D eigenvalue weighted by Gasteiger charge is -2.38. The third kappa shape index (κ3) is 4.03. The Morgan fingerprint density at radius 2 is 2.00 bits per heavy atom. The fraction of sp³-hybridized carbons (Fsp3) is 0.625. The smallest absolute Gasteiger partial charge is 0.124 e. The van der Waals surface area contributed by atoms with Gasteiger partial charge in [-0.15, -0.1) is 0 Å². The Bertz CT molecular complexity index is 412. The first-order valence-corrected chi connectivity index (χ1v) is 8.32. The molecule has 0 spiro atoms. The highest BCUT2D eigenvalue weighted by atomic mass is 79.9. The Kier molecular flexibility index (Phi) is 6.00. The van der Waals surface area contributed by atoms with Crippen LogP contribution in [-0.2, 0) is 0 Å². The standard InChI is InChI=1S/C16H24BrFN2/c1-3-4-12(2)16(20-7-5-19-6-8-20)13-9-14(17)11-15(18)10-13/h9-12,16,19H,3-8H2,1-2H3/t12?,16-/m0/s1. The van der Waals surface area contributed by atoms with Crippen LogP contribution < -0.4 is 5.32 Å². The van der Waals surface area contributed by atoms with E-state index in [1.165, 1.54) is 18.9 Å². The molecule has 2 nitrogen and oxygen atoms in total. The number of nitrogens with one attached hydrogen (secondary N) is 1. The van der Waals surface area contributed by atoms with E-state index in [9.17, 15) is 4.39 Å². The summed E-state index contributed by atoms with van der Waals surface area (Å²) in [7, 11) is 0. The van der Waals surface area contributed by atoms with Gasteiger partial charge in [-0.2, -0.15) is 0 Å². The molecule has 20 heavy (non-hydrogen) atoms. The summed E-state index contributed by atoms with van der Waals surface area (Å²) >= 11 is 3.42. The van der Waals surface area contributed by atoms with Gasteiger partial charge >= 0.3 is 0 Å². The topological polar surface area (TPSA) is 15.3 Å². The van der Waals surface area contributed by atoms with Gasteiger partial charge in [0.1, 0.15) is 5.82 Å². The van der Waals surface area contributed by atoms with Gasteiger partial charge in [0, 0.05) is 36.7 Å². The van der Waals surface area contributed by atoms with Crippen LogP contribution in [0.25, 0.3) is 0 Å². The summed E-state index contributed by atoms with van der Waals surface area (Å²) < 4.78 is 14.6. The molecule has 1 aromatic rings. The van der Waals surface area contributed by atoms with Gasteiger partial charge in [0.15, 0.2) is 0 Å². The maximum absolute atomic E-state index is 13.7. The second-order valence-corrected chi connectivity index (χ2v) is 6.62. The number of hydrogen-bond donors (Lipinski definition) is 1. The SMILES string of the molecule is CCCC(C)[C@@H](c1cc(F)cc(Br)c1)N1CCNCC1. The Morgan fingerprint density at radius 3 is 2.60 bits per heavy atom. The highest BCUT2D eigenvalue weighted by molar-refractivity contribution is 9.10. The van der Waals surface area contributed by atoms with Crippen LogP contribution in [-0.4, -0.2) is 31.1 Å². The van der Waals surface area contributed by atoms with Gasteiger partial charge in [0.05, 0.1) is 0 Å². The van der Waals surface area contributed by atoms with Crippen molar-refractivity contribution in [1.82, 2.24) is 10.2 Å². The monoisotopic (exact) mass is 342 g/mol. The number of nitrogens with zero attached hydrogens (tertiary/aromatic N) is 1. The fourth-order valence-electron chi connectivity index (χ4n) is 3.22. The van der Waals surface area contributed by atoms with E-state index in [0.717, 1.165) is 36.2 Å². The molecule has 1 aromatic carbocycles. The average molecular weight is 343 g/mol. The Balaban J connectivity index is 2.28. The molecule has 1 saturated heterocycles. The Morgan fingerprint density at radius 1 is 1.30 bits per heavy atom. The van der Waals surface area contributed by atoms with E-state index in [1.54, 1.807) is 6.07 Å². The molecule has 0 aromatic heterocycles. The molecule has 1 aliphatic heterocycles. The lowest BCUT2D eigenvalue weighted by atomic mass is 9.89. The first kappa shape index (κ1) is 15.9. The number of hydrogen-bond acceptors (Lipinski definition) is 2. The summed E-state index contributed by atoms with van der Waals surface area (Å²) in [5.74, 6) is 0.380. The van der Waals surface area contributed by atoms with E-state index in [-0.39, 0.29) is 5.82 Å². The van der Waals surface area contributed by atoms with Crippen LogP contribution in [0.3, 0.4) is 0 Å². The predicted octanol–water partition coefficient (Wildman–Crippen LogP) is 3.97. The summed E-state index contributed by atoms with van der Waals surface area (Å²) in [4.78, 5) is 2.50. The molecule has 2 rings (SSSR count). The molecule has 2 atom stereocenters. The van der Waals surface area contributed by atoms with Gasteiger partial charge in [0.2, 0.25) is 0 Å². The maximum Gasteiger partial charge on any atom is 0.124 e. The van der Waals surface area contributed by atoms with Gasteiger partial charge in [-0.25, -0.2) is 4.39 Å². The molecular weight excluding hydrogens is 319 g/mol. The van der Waals surface area contributed by atoms with Gasteiger partial charge in [-0.3, -0.25) is 4.90 Å². The van der Waals surface area contributed by atoms with Crippen LogP contribution >= 0.6 is 15.9 Å². The van der Waals surface area contributed by atoms with E-state index in [1.807, 2.05) is 0 Å². The fourth-order valence-corrected chi connectivity index (χ4v) is 3.70. The second-order valence-electron chi connectivity index (χ2n) is 5.70. The minimum absolute atomic E-state index is 0.154. The number of benzene rings is 1. The second kappa shape index (κ2) is 7.53. The van der Waals surface area contributed by atoms with Crippen molar-refractivity contribution in [3.8, 4) is 0 Å². The van der Waals surface area contributed by atoms with Crippen molar-refractivity contribution in [3.63, 3.8) is 0 Å². The highest BCUT2D eigenvalue weighted by Crippen LogP contribution is 2.33. The van der Waals surface area contributed by atoms with Crippen molar-refractivity contribution >= 4 is 15.9 Å². The number of halogens is 2. The minimum Gasteiger partial charge on any atom is -0.314 e. The van der Waals surface area contributed by atoms with Crippen molar-refractivity contribution in [3.05, 3.63) is 34.1 Å². The van der Waals surface area contributed by atoms with Gasteiger partial charge in [0.25, 0.3) is 0 Å². The summed E-state index contributed by atoms with van der Waals surface area (Å²) in [6.07, 6.45) is 2.34. The summed E-state index contributed by atoms with van der Waals surface area (Å²) in [5.41, 5.74) is 1.10. The van der Waals surface area contributed by atoms with Crippen molar-refractivity contribution in [2.24, 2.45) is 5.92 Å². The Hall–Kier alpha value is -0.450. The van der Waals surface area contributed by atoms with Crippen molar-refractivity contribution < 1.29 is 4.39 Å². The molecule has 1 unspecified atom stereocenters. The molecule has 0 aliphatic carbocycles. The molecular formula is C16H24BrFN2. The van der Waals surface area contributed by atoms with E-state index < -0.39 is 0 Å². The van der Waals surface area contributed by atoms with Crippen LogP contribution in [0.5, 0.6) is 0 Å².